The van der Waals surface area contributed by atoms with Crippen LogP contribution in [0.5, 0.6) is 0 Å². The summed E-state index contributed by atoms with van der Waals surface area (Å²) in [6, 6.07) is 10.3. The van der Waals surface area contributed by atoms with Crippen LogP contribution in [-0.4, -0.2) is 32.7 Å². The lowest BCUT2D eigenvalue weighted by Gasteiger charge is -2.12. The number of nitrogens with zero attached hydrogens (tertiary/aromatic N) is 2. The number of benzene rings is 1. The molecule has 0 saturated heterocycles. The maximum Gasteiger partial charge on any atom is 0.359 e. The third kappa shape index (κ3) is 4.11. The summed E-state index contributed by atoms with van der Waals surface area (Å²) < 4.78 is 39.9. The highest BCUT2D eigenvalue weighted by Crippen LogP contribution is 2.17. The number of carbonyl (C=O) groups excluding carboxylic acids is 1. The van der Waals surface area contributed by atoms with E-state index >= 15 is 0 Å². The number of halogens is 1. The van der Waals surface area contributed by atoms with Crippen LogP contribution in [0, 0.1) is 5.95 Å². The average Bonchev–Trinajstić information content (AvgIpc) is 2.49. The van der Waals surface area contributed by atoms with Crippen molar-refractivity contribution in [1.82, 2.24) is 4.31 Å². The van der Waals surface area contributed by atoms with Gasteiger partial charge in [-0.15, -0.1) is 4.39 Å². The molecule has 23 heavy (non-hydrogen) atoms. The summed E-state index contributed by atoms with van der Waals surface area (Å²) in [5, 5.41) is 2.56. The maximum atomic E-state index is 13.5. The largest absolute Gasteiger partial charge is 0.359 e. The summed E-state index contributed by atoms with van der Waals surface area (Å²) in [6.07, 6.45) is 1.45. The maximum absolute atomic E-state index is 13.5. The average molecular weight is 338 g/mol. The molecule has 8 heteroatoms. The number of aromatic nitrogens is 1. The van der Waals surface area contributed by atoms with Crippen LogP contribution >= 0.6 is 0 Å². The van der Waals surface area contributed by atoms with E-state index in [-0.39, 0.29) is 11.4 Å². The summed E-state index contributed by atoms with van der Waals surface area (Å²) in [4.78, 5) is 12.0. The van der Waals surface area contributed by atoms with Gasteiger partial charge in [0.25, 0.3) is 5.91 Å². The van der Waals surface area contributed by atoms with Crippen LogP contribution in [0.25, 0.3) is 0 Å². The van der Waals surface area contributed by atoms with Crippen LogP contribution in [0.1, 0.15) is 0 Å². The van der Waals surface area contributed by atoms with Crippen LogP contribution < -0.4 is 9.88 Å². The molecule has 0 saturated carbocycles. The molecule has 6 nitrogen and oxygen atoms in total. The Balaban J connectivity index is 2.15. The summed E-state index contributed by atoms with van der Waals surface area (Å²) in [5.74, 6) is -0.994. The molecule has 2 rings (SSSR count). The number of nitrogens with one attached hydrogen (secondary N) is 1. The Morgan fingerprint density at radius 2 is 1.96 bits per heavy atom. The van der Waals surface area contributed by atoms with Gasteiger partial charge in [-0.05, 0) is 24.3 Å². The predicted octanol–water partition coefficient (Wildman–Crippen LogP) is 1.00. The Morgan fingerprint density at radius 1 is 1.22 bits per heavy atom. The quantitative estimate of drug-likeness (QED) is 0.653. The molecule has 0 unspecified atom stereocenters. The fourth-order valence-corrected chi connectivity index (χ4v) is 2.83. The lowest BCUT2D eigenvalue weighted by molar-refractivity contribution is -0.711. The van der Waals surface area contributed by atoms with Gasteiger partial charge < -0.3 is 5.32 Å². The number of pyridine rings is 1. The molecule has 0 fully saturated rings. The standard InChI is InChI=1S/C15H16FN3O3S/c1-18(2)23(21,22)13-7-5-6-12(10-13)17-15(20)11-19-9-4-3-8-14(19)16/h3-10H,11H2,1-2H3/p+1. The third-order valence-corrected chi connectivity index (χ3v) is 4.91. The Kier molecular flexibility index (Phi) is 5.07. The lowest BCUT2D eigenvalue weighted by Crippen LogP contribution is -2.43. The molecule has 0 spiro atoms. The van der Waals surface area contributed by atoms with Crippen molar-refractivity contribution in [3.63, 3.8) is 0 Å². The second-order valence-corrected chi connectivity index (χ2v) is 7.17. The van der Waals surface area contributed by atoms with Gasteiger partial charge in [-0.2, -0.15) is 4.57 Å². The first kappa shape index (κ1) is 17.0. The first-order valence-corrected chi connectivity index (χ1v) is 8.21. The minimum Gasteiger partial charge on any atom is -0.321 e. The van der Waals surface area contributed by atoms with Crippen LogP contribution in [0.2, 0.25) is 0 Å². The van der Waals surface area contributed by atoms with Crippen molar-refractivity contribution in [3.8, 4) is 0 Å². The second kappa shape index (κ2) is 6.84. The second-order valence-electron chi connectivity index (χ2n) is 5.01. The van der Waals surface area contributed by atoms with Gasteiger partial charge in [0.2, 0.25) is 16.6 Å². The number of amides is 1. The van der Waals surface area contributed by atoms with Crippen molar-refractivity contribution in [2.75, 3.05) is 19.4 Å². The molecule has 0 radical (unpaired) electrons. The molecule has 1 aromatic carbocycles. The molecule has 1 aromatic heterocycles. The molecule has 1 heterocycles. The molecular formula is C15H17FN3O3S+. The van der Waals surface area contributed by atoms with E-state index in [4.69, 9.17) is 0 Å². The van der Waals surface area contributed by atoms with Crippen LogP contribution in [0.4, 0.5) is 10.1 Å². The fraction of sp³-hybridized carbons (Fsp3) is 0.200. The van der Waals surface area contributed by atoms with E-state index in [2.05, 4.69) is 5.32 Å². The number of hydrogen-bond acceptors (Lipinski definition) is 3. The van der Waals surface area contributed by atoms with E-state index in [1.54, 1.807) is 12.1 Å². The highest BCUT2D eigenvalue weighted by Gasteiger charge is 2.18. The lowest BCUT2D eigenvalue weighted by atomic mass is 10.3. The summed E-state index contributed by atoms with van der Waals surface area (Å²) in [5.41, 5.74) is 0.329. The molecule has 2 aromatic rings. The first-order valence-electron chi connectivity index (χ1n) is 6.77. The highest BCUT2D eigenvalue weighted by atomic mass is 32.2. The Hall–Kier alpha value is -2.32. The molecule has 122 valence electrons. The predicted molar refractivity (Wildman–Crippen MR) is 82.5 cm³/mol. The Morgan fingerprint density at radius 3 is 2.61 bits per heavy atom. The molecule has 1 N–H and O–H groups in total. The zero-order valence-electron chi connectivity index (χ0n) is 12.7. The number of rotatable bonds is 5. The zero-order chi connectivity index (χ0) is 17.0. The van der Waals surface area contributed by atoms with E-state index in [1.807, 2.05) is 0 Å². The molecular weight excluding hydrogens is 321 g/mol. The summed E-state index contributed by atoms with van der Waals surface area (Å²) >= 11 is 0. The van der Waals surface area contributed by atoms with E-state index in [1.165, 1.54) is 50.6 Å². The van der Waals surface area contributed by atoms with Crippen molar-refractivity contribution < 1.29 is 22.2 Å². The van der Waals surface area contributed by atoms with Crippen molar-refractivity contribution in [2.45, 2.75) is 11.4 Å². The molecule has 0 bridgehead atoms. The van der Waals surface area contributed by atoms with Crippen molar-refractivity contribution in [3.05, 3.63) is 54.6 Å². The molecule has 0 aliphatic carbocycles. The zero-order valence-corrected chi connectivity index (χ0v) is 13.5. The SMILES string of the molecule is CN(C)S(=O)(=O)c1cccc(NC(=O)C[n+]2ccccc2F)c1. The van der Waals surface area contributed by atoms with Gasteiger partial charge in [0, 0.05) is 31.9 Å². The highest BCUT2D eigenvalue weighted by molar-refractivity contribution is 7.89. The topological polar surface area (TPSA) is 70.4 Å². The third-order valence-electron chi connectivity index (χ3n) is 3.10. The molecule has 0 atom stereocenters. The minimum atomic E-state index is -3.58. The normalized spacial score (nSPS) is 11.5. The minimum absolute atomic E-state index is 0.0684. The first-order chi connectivity index (χ1) is 10.8. The van der Waals surface area contributed by atoms with Crippen LogP contribution in [-0.2, 0) is 21.4 Å². The van der Waals surface area contributed by atoms with Crippen LogP contribution in [0.15, 0.2) is 53.6 Å². The van der Waals surface area contributed by atoms with Crippen molar-refractivity contribution in [1.29, 1.82) is 0 Å². The van der Waals surface area contributed by atoms with E-state index in [0.717, 1.165) is 8.87 Å². The van der Waals surface area contributed by atoms with Gasteiger partial charge >= 0.3 is 5.95 Å². The van der Waals surface area contributed by atoms with Crippen molar-refractivity contribution >= 4 is 21.6 Å². The van der Waals surface area contributed by atoms with E-state index in [9.17, 15) is 17.6 Å². The molecule has 1 amide bonds. The monoisotopic (exact) mass is 338 g/mol. The van der Waals surface area contributed by atoms with Crippen molar-refractivity contribution in [2.24, 2.45) is 0 Å². The van der Waals surface area contributed by atoms with Gasteiger partial charge in [-0.25, -0.2) is 12.7 Å². The number of sulfonamides is 1. The molecule has 0 aliphatic heterocycles. The number of carbonyl (C=O) groups is 1. The number of anilines is 1. The fourth-order valence-electron chi connectivity index (χ4n) is 1.88. The van der Waals surface area contributed by atoms with Gasteiger partial charge in [0.05, 0.1) is 4.90 Å². The Bertz CT molecular complexity index is 822. The van der Waals surface area contributed by atoms with E-state index in [0.29, 0.717) is 5.69 Å². The van der Waals surface area contributed by atoms with Crippen LogP contribution in [0.3, 0.4) is 0 Å². The van der Waals surface area contributed by atoms with Gasteiger partial charge in [-0.1, -0.05) is 6.07 Å². The summed E-state index contributed by atoms with van der Waals surface area (Å²) in [6.45, 7) is -0.211. The van der Waals surface area contributed by atoms with E-state index < -0.39 is 21.9 Å². The molecule has 0 aliphatic rings. The van der Waals surface area contributed by atoms with Gasteiger partial charge in [-0.3, -0.25) is 4.79 Å². The Labute approximate surface area is 134 Å². The summed E-state index contributed by atoms with van der Waals surface area (Å²) in [7, 11) is -0.732. The number of hydrogen-bond donors (Lipinski definition) is 1. The smallest absolute Gasteiger partial charge is 0.321 e. The van der Waals surface area contributed by atoms with Gasteiger partial charge in [0.15, 0.2) is 6.20 Å². The van der Waals surface area contributed by atoms with Gasteiger partial charge in [0.1, 0.15) is 0 Å².